The van der Waals surface area contributed by atoms with Gasteiger partial charge in [-0.25, -0.2) is 0 Å². The van der Waals surface area contributed by atoms with Crippen molar-refractivity contribution in [2.45, 2.75) is 46.0 Å². The minimum absolute atomic E-state index is 0.0453. The second-order valence-electron chi connectivity index (χ2n) is 7.16. The second-order valence-corrected chi connectivity index (χ2v) is 7.92. The topological polar surface area (TPSA) is 85.0 Å². The van der Waals surface area contributed by atoms with E-state index in [4.69, 9.17) is 9.51 Å². The quantitative estimate of drug-likeness (QED) is 0.666. The van der Waals surface area contributed by atoms with Gasteiger partial charge in [0.05, 0.1) is 11.4 Å². The number of likely N-dealkylation sites (tertiary alicyclic amines) is 1. The van der Waals surface area contributed by atoms with E-state index in [-0.39, 0.29) is 11.8 Å². The van der Waals surface area contributed by atoms with Crippen molar-refractivity contribution in [1.82, 2.24) is 24.6 Å². The molecule has 0 aliphatic carbocycles. The highest BCUT2D eigenvalue weighted by Crippen LogP contribution is 2.30. The third kappa shape index (κ3) is 3.44. The molecule has 28 heavy (non-hydrogen) atoms. The van der Waals surface area contributed by atoms with Crippen LogP contribution in [-0.4, -0.2) is 43.6 Å². The lowest BCUT2D eigenvalue weighted by Gasteiger charge is -2.32. The number of hydrogen-bond acceptors (Lipinski definition) is 7. The molecule has 0 saturated carbocycles. The second kappa shape index (κ2) is 7.79. The van der Waals surface area contributed by atoms with Gasteiger partial charge in [0.15, 0.2) is 0 Å². The molecule has 146 valence electrons. The number of hydrogen-bond donors (Lipinski definition) is 0. The lowest BCUT2D eigenvalue weighted by atomic mass is 9.93. The maximum absolute atomic E-state index is 12.9. The lowest BCUT2D eigenvalue weighted by molar-refractivity contribution is 0.0709. The van der Waals surface area contributed by atoms with Crippen molar-refractivity contribution in [3.05, 3.63) is 46.0 Å². The Bertz CT molecular complexity index is 959. The zero-order chi connectivity index (χ0) is 19.7. The smallest absolute Gasteiger partial charge is 0.267 e. The molecule has 8 heteroatoms. The number of rotatable bonds is 4. The molecule has 3 aromatic rings. The maximum Gasteiger partial charge on any atom is 0.267 e. The van der Waals surface area contributed by atoms with Crippen LogP contribution in [0.15, 0.2) is 22.9 Å². The Kier molecular flexibility index (Phi) is 5.21. The van der Waals surface area contributed by atoms with E-state index in [0.717, 1.165) is 59.8 Å². The monoisotopic (exact) mass is 397 g/mol. The average Bonchev–Trinajstić information content (AvgIpc) is 3.34. The molecule has 1 saturated heterocycles. The Balaban J connectivity index is 1.51. The number of carbonyl (C=O) groups excluding carboxylic acids is 1. The van der Waals surface area contributed by atoms with Crippen LogP contribution in [0.3, 0.4) is 0 Å². The predicted molar refractivity (Wildman–Crippen MR) is 106 cm³/mol. The fraction of sp³-hybridized carbons (Fsp3) is 0.450. The molecule has 4 rings (SSSR count). The van der Waals surface area contributed by atoms with Crippen LogP contribution in [0.1, 0.15) is 58.2 Å². The zero-order valence-corrected chi connectivity index (χ0v) is 17.1. The van der Waals surface area contributed by atoms with Gasteiger partial charge in [-0.1, -0.05) is 22.6 Å². The summed E-state index contributed by atoms with van der Waals surface area (Å²) in [4.78, 5) is 20.2. The number of nitrogens with zero attached hydrogens (tertiary/aromatic N) is 5. The Morgan fingerprint density at radius 1 is 1.36 bits per heavy atom. The molecule has 1 aliphatic heterocycles. The van der Waals surface area contributed by atoms with Crippen LogP contribution in [0, 0.1) is 13.8 Å². The van der Waals surface area contributed by atoms with Gasteiger partial charge in [0.1, 0.15) is 10.6 Å². The van der Waals surface area contributed by atoms with Gasteiger partial charge in [-0.05, 0) is 50.7 Å². The number of pyridine rings is 1. The first-order chi connectivity index (χ1) is 13.6. The average molecular weight is 398 g/mol. The summed E-state index contributed by atoms with van der Waals surface area (Å²) in [5.74, 6) is 1.08. The number of piperidine rings is 1. The summed E-state index contributed by atoms with van der Waals surface area (Å²) < 4.78 is 9.21. The summed E-state index contributed by atoms with van der Waals surface area (Å²) >= 11 is 1.19. The standard InChI is InChI=1S/C20H23N5O2S/c1-4-16-19(28-24-22-16)20(26)25-9-5-6-15(11-25)17-8-7-14(10-21-17)18-12(2)23-27-13(18)3/h7-8,10,15H,4-6,9,11H2,1-3H3/t15-/m1/s1. The highest BCUT2D eigenvalue weighted by atomic mass is 32.1. The summed E-state index contributed by atoms with van der Waals surface area (Å²) in [5.41, 5.74) is 4.69. The molecule has 0 bridgehead atoms. The Labute approximate surface area is 167 Å². The first-order valence-electron chi connectivity index (χ1n) is 9.58. The van der Waals surface area contributed by atoms with E-state index in [1.165, 1.54) is 11.5 Å². The van der Waals surface area contributed by atoms with Crippen LogP contribution in [0.5, 0.6) is 0 Å². The highest BCUT2D eigenvalue weighted by Gasteiger charge is 2.28. The predicted octanol–water partition coefficient (Wildman–Crippen LogP) is 3.79. The number of aryl methyl sites for hydroxylation is 3. The fourth-order valence-corrected chi connectivity index (χ4v) is 4.56. The largest absolute Gasteiger partial charge is 0.361 e. The molecule has 1 amide bonds. The number of amides is 1. The Morgan fingerprint density at radius 2 is 2.21 bits per heavy atom. The van der Waals surface area contributed by atoms with Gasteiger partial charge in [-0.2, -0.15) is 0 Å². The van der Waals surface area contributed by atoms with Gasteiger partial charge in [0.2, 0.25) is 0 Å². The molecule has 0 unspecified atom stereocenters. The van der Waals surface area contributed by atoms with Crippen molar-refractivity contribution in [3.63, 3.8) is 0 Å². The van der Waals surface area contributed by atoms with Gasteiger partial charge in [-0.15, -0.1) is 5.10 Å². The minimum atomic E-state index is 0.0453. The molecule has 1 fully saturated rings. The summed E-state index contributed by atoms with van der Waals surface area (Å²) in [6, 6.07) is 4.13. The summed E-state index contributed by atoms with van der Waals surface area (Å²) in [5, 5.41) is 8.09. The van der Waals surface area contributed by atoms with E-state index in [2.05, 4.69) is 26.9 Å². The van der Waals surface area contributed by atoms with E-state index in [1.807, 2.05) is 31.9 Å². The molecule has 0 radical (unpaired) electrons. The molecule has 0 spiro atoms. The van der Waals surface area contributed by atoms with E-state index in [1.54, 1.807) is 0 Å². The first kappa shape index (κ1) is 18.7. The normalized spacial score (nSPS) is 17.1. The van der Waals surface area contributed by atoms with E-state index < -0.39 is 0 Å². The summed E-state index contributed by atoms with van der Waals surface area (Å²) in [6.07, 6.45) is 4.60. The molecule has 4 heterocycles. The molecular formula is C20H23N5O2S. The lowest BCUT2D eigenvalue weighted by Crippen LogP contribution is -2.39. The van der Waals surface area contributed by atoms with Crippen LogP contribution in [0.4, 0.5) is 0 Å². The van der Waals surface area contributed by atoms with Gasteiger partial charge in [0.25, 0.3) is 5.91 Å². The van der Waals surface area contributed by atoms with Crippen LogP contribution in [0.2, 0.25) is 0 Å². The van der Waals surface area contributed by atoms with Crippen molar-refractivity contribution < 1.29 is 9.32 Å². The van der Waals surface area contributed by atoms with Crippen LogP contribution in [-0.2, 0) is 6.42 Å². The van der Waals surface area contributed by atoms with Crippen LogP contribution >= 0.6 is 11.5 Å². The zero-order valence-electron chi connectivity index (χ0n) is 16.3. The molecule has 0 aromatic carbocycles. The third-order valence-corrected chi connectivity index (χ3v) is 6.08. The number of carbonyl (C=O) groups is 1. The van der Waals surface area contributed by atoms with Gasteiger partial charge < -0.3 is 9.42 Å². The Hall–Kier alpha value is -2.61. The van der Waals surface area contributed by atoms with Crippen molar-refractivity contribution in [2.75, 3.05) is 13.1 Å². The van der Waals surface area contributed by atoms with Crippen molar-refractivity contribution in [1.29, 1.82) is 0 Å². The van der Waals surface area contributed by atoms with Gasteiger partial charge >= 0.3 is 0 Å². The SMILES string of the molecule is CCc1nnsc1C(=O)N1CCC[C@@H](c2ccc(-c3c(C)noc3C)cn2)C1. The maximum atomic E-state index is 12.9. The molecule has 1 atom stereocenters. The fourth-order valence-electron chi connectivity index (χ4n) is 3.84. The summed E-state index contributed by atoms with van der Waals surface area (Å²) in [7, 11) is 0. The van der Waals surface area contributed by atoms with Crippen LogP contribution in [0.25, 0.3) is 11.1 Å². The summed E-state index contributed by atoms with van der Waals surface area (Å²) in [6.45, 7) is 7.29. The van der Waals surface area contributed by atoms with Crippen molar-refractivity contribution >= 4 is 17.4 Å². The van der Waals surface area contributed by atoms with Gasteiger partial charge in [0, 0.05) is 42.0 Å². The van der Waals surface area contributed by atoms with E-state index in [0.29, 0.717) is 11.4 Å². The van der Waals surface area contributed by atoms with Crippen molar-refractivity contribution in [2.24, 2.45) is 0 Å². The highest BCUT2D eigenvalue weighted by molar-refractivity contribution is 7.08. The van der Waals surface area contributed by atoms with Crippen LogP contribution < -0.4 is 0 Å². The number of aromatic nitrogens is 4. The molecule has 7 nitrogen and oxygen atoms in total. The molecule has 0 N–H and O–H groups in total. The Morgan fingerprint density at radius 3 is 2.89 bits per heavy atom. The third-order valence-electron chi connectivity index (χ3n) is 5.32. The van der Waals surface area contributed by atoms with E-state index >= 15 is 0 Å². The van der Waals surface area contributed by atoms with E-state index in [9.17, 15) is 4.79 Å². The first-order valence-corrected chi connectivity index (χ1v) is 10.4. The molecular weight excluding hydrogens is 374 g/mol. The van der Waals surface area contributed by atoms with Crippen molar-refractivity contribution in [3.8, 4) is 11.1 Å². The minimum Gasteiger partial charge on any atom is -0.361 e. The molecule has 3 aromatic heterocycles. The molecule has 1 aliphatic rings. The van der Waals surface area contributed by atoms with Gasteiger partial charge in [-0.3, -0.25) is 9.78 Å².